The molecule has 0 saturated heterocycles. The molecular weight excluding hydrogens is 226 g/mol. The lowest BCUT2D eigenvalue weighted by molar-refractivity contribution is 0.274. The van der Waals surface area contributed by atoms with Crippen molar-refractivity contribution in [2.75, 3.05) is 6.61 Å². The van der Waals surface area contributed by atoms with Gasteiger partial charge < -0.3 is 9.67 Å². The van der Waals surface area contributed by atoms with Crippen LogP contribution < -0.4 is 5.56 Å². The van der Waals surface area contributed by atoms with Gasteiger partial charge in [-0.3, -0.25) is 4.79 Å². The smallest absolute Gasteiger partial charge is 0.258 e. The van der Waals surface area contributed by atoms with E-state index in [0.29, 0.717) is 17.0 Å². The van der Waals surface area contributed by atoms with E-state index in [1.165, 1.54) is 4.57 Å². The molecule has 2 aromatic rings. The predicted octanol–water partition coefficient (Wildman–Crippen LogP) is 1.96. The van der Waals surface area contributed by atoms with Crippen molar-refractivity contribution in [2.45, 2.75) is 13.5 Å². The SMILES string of the molecule is Cc1c(Cl)ccc2ccn(CCO)c(=O)c12. The summed E-state index contributed by atoms with van der Waals surface area (Å²) in [5.74, 6) is 0. The summed E-state index contributed by atoms with van der Waals surface area (Å²) < 4.78 is 1.49. The fourth-order valence-electron chi connectivity index (χ4n) is 1.80. The Morgan fingerprint density at radius 3 is 2.81 bits per heavy atom. The molecule has 1 N–H and O–H groups in total. The van der Waals surface area contributed by atoms with Crippen LogP contribution in [0.2, 0.25) is 5.02 Å². The van der Waals surface area contributed by atoms with Gasteiger partial charge in [-0.05, 0) is 30.0 Å². The van der Waals surface area contributed by atoms with Crippen molar-refractivity contribution in [1.82, 2.24) is 4.57 Å². The van der Waals surface area contributed by atoms with E-state index >= 15 is 0 Å². The second-order valence-corrected chi connectivity index (χ2v) is 4.08. The van der Waals surface area contributed by atoms with Crippen molar-refractivity contribution >= 4 is 22.4 Å². The molecule has 3 nitrogen and oxygen atoms in total. The molecular formula is C12H12ClNO2. The molecule has 0 saturated carbocycles. The number of fused-ring (bicyclic) bond motifs is 1. The van der Waals surface area contributed by atoms with Gasteiger partial charge in [0.1, 0.15) is 0 Å². The number of pyridine rings is 1. The molecule has 0 unspecified atom stereocenters. The minimum absolute atomic E-state index is 0.0506. The standard InChI is InChI=1S/C12H12ClNO2/c1-8-10(13)3-2-9-4-5-14(6-7-15)12(16)11(8)9/h2-5,15H,6-7H2,1H3. The zero-order valence-corrected chi connectivity index (χ0v) is 9.66. The summed E-state index contributed by atoms with van der Waals surface area (Å²) in [6.07, 6.45) is 1.69. The highest BCUT2D eigenvalue weighted by Crippen LogP contribution is 2.22. The number of benzene rings is 1. The number of aliphatic hydroxyl groups is 1. The highest BCUT2D eigenvalue weighted by molar-refractivity contribution is 6.32. The normalized spacial score (nSPS) is 10.9. The average Bonchev–Trinajstić information content (AvgIpc) is 2.27. The number of aromatic nitrogens is 1. The van der Waals surface area contributed by atoms with Crippen LogP contribution in [-0.2, 0) is 6.54 Å². The quantitative estimate of drug-likeness (QED) is 0.868. The molecule has 0 aliphatic heterocycles. The molecule has 0 aliphatic rings. The Hall–Kier alpha value is -1.32. The number of aryl methyl sites for hydroxylation is 1. The Morgan fingerprint density at radius 1 is 1.38 bits per heavy atom. The third kappa shape index (κ3) is 1.72. The molecule has 0 aliphatic carbocycles. The zero-order chi connectivity index (χ0) is 11.7. The van der Waals surface area contributed by atoms with Gasteiger partial charge in [-0.2, -0.15) is 0 Å². The first-order chi connectivity index (χ1) is 7.65. The van der Waals surface area contributed by atoms with E-state index in [0.717, 1.165) is 10.9 Å². The molecule has 4 heteroatoms. The molecule has 1 aromatic heterocycles. The fraction of sp³-hybridized carbons (Fsp3) is 0.250. The number of hydrogen-bond donors (Lipinski definition) is 1. The van der Waals surface area contributed by atoms with Gasteiger partial charge >= 0.3 is 0 Å². The van der Waals surface area contributed by atoms with Gasteiger partial charge in [0.25, 0.3) is 5.56 Å². The van der Waals surface area contributed by atoms with Crippen LogP contribution in [0.4, 0.5) is 0 Å². The van der Waals surface area contributed by atoms with Crippen molar-refractivity contribution in [3.05, 3.63) is 45.3 Å². The Bertz CT molecular complexity index is 589. The Morgan fingerprint density at radius 2 is 2.12 bits per heavy atom. The molecule has 84 valence electrons. The summed E-state index contributed by atoms with van der Waals surface area (Å²) in [7, 11) is 0. The van der Waals surface area contributed by atoms with Crippen LogP contribution in [0.25, 0.3) is 10.8 Å². The highest BCUT2D eigenvalue weighted by Gasteiger charge is 2.07. The maximum absolute atomic E-state index is 12.1. The molecule has 0 atom stereocenters. The summed E-state index contributed by atoms with van der Waals surface area (Å²) in [4.78, 5) is 12.1. The maximum atomic E-state index is 12.1. The van der Waals surface area contributed by atoms with Crippen molar-refractivity contribution in [3.8, 4) is 0 Å². The van der Waals surface area contributed by atoms with Crippen LogP contribution in [0.1, 0.15) is 5.56 Å². The summed E-state index contributed by atoms with van der Waals surface area (Å²) >= 11 is 5.99. The first-order valence-electron chi connectivity index (χ1n) is 5.04. The average molecular weight is 238 g/mol. The summed E-state index contributed by atoms with van der Waals surface area (Å²) in [5.41, 5.74) is 0.683. The lowest BCUT2D eigenvalue weighted by Crippen LogP contribution is -2.21. The molecule has 0 spiro atoms. The third-order valence-electron chi connectivity index (χ3n) is 2.68. The Balaban J connectivity index is 2.81. The number of aliphatic hydroxyl groups excluding tert-OH is 1. The van der Waals surface area contributed by atoms with E-state index in [1.54, 1.807) is 12.3 Å². The van der Waals surface area contributed by atoms with Crippen molar-refractivity contribution in [2.24, 2.45) is 0 Å². The second kappa shape index (κ2) is 4.28. The lowest BCUT2D eigenvalue weighted by Gasteiger charge is -2.08. The van der Waals surface area contributed by atoms with E-state index in [2.05, 4.69) is 0 Å². The van der Waals surface area contributed by atoms with Crippen LogP contribution in [-0.4, -0.2) is 16.3 Å². The molecule has 1 heterocycles. The molecule has 16 heavy (non-hydrogen) atoms. The predicted molar refractivity (Wildman–Crippen MR) is 65.0 cm³/mol. The van der Waals surface area contributed by atoms with E-state index < -0.39 is 0 Å². The van der Waals surface area contributed by atoms with E-state index in [-0.39, 0.29) is 12.2 Å². The van der Waals surface area contributed by atoms with Crippen LogP contribution in [0, 0.1) is 6.92 Å². The zero-order valence-electron chi connectivity index (χ0n) is 8.90. The van der Waals surface area contributed by atoms with E-state index in [4.69, 9.17) is 16.7 Å². The number of nitrogens with zero attached hydrogens (tertiary/aromatic N) is 1. The Labute approximate surface area is 97.9 Å². The topological polar surface area (TPSA) is 42.2 Å². The fourth-order valence-corrected chi connectivity index (χ4v) is 1.95. The second-order valence-electron chi connectivity index (χ2n) is 3.67. The van der Waals surface area contributed by atoms with Gasteiger partial charge in [-0.25, -0.2) is 0 Å². The minimum atomic E-state index is -0.105. The molecule has 2 rings (SSSR count). The van der Waals surface area contributed by atoms with E-state index in [9.17, 15) is 4.79 Å². The van der Waals surface area contributed by atoms with Crippen LogP contribution >= 0.6 is 11.6 Å². The maximum Gasteiger partial charge on any atom is 0.258 e. The third-order valence-corrected chi connectivity index (χ3v) is 3.09. The number of rotatable bonds is 2. The number of hydrogen-bond acceptors (Lipinski definition) is 2. The van der Waals surface area contributed by atoms with Gasteiger partial charge in [-0.15, -0.1) is 0 Å². The first-order valence-corrected chi connectivity index (χ1v) is 5.42. The Kier molecular flexibility index (Phi) is 2.99. The highest BCUT2D eigenvalue weighted by atomic mass is 35.5. The first kappa shape index (κ1) is 11.2. The summed E-state index contributed by atoms with van der Waals surface area (Å²) in [6, 6.07) is 5.47. The molecule has 0 amide bonds. The van der Waals surface area contributed by atoms with Crippen molar-refractivity contribution in [1.29, 1.82) is 0 Å². The van der Waals surface area contributed by atoms with E-state index in [1.807, 2.05) is 19.1 Å². The van der Waals surface area contributed by atoms with Gasteiger partial charge in [-0.1, -0.05) is 17.7 Å². The molecule has 0 fully saturated rings. The molecule has 0 radical (unpaired) electrons. The monoisotopic (exact) mass is 237 g/mol. The van der Waals surface area contributed by atoms with Crippen LogP contribution in [0.3, 0.4) is 0 Å². The van der Waals surface area contributed by atoms with Crippen molar-refractivity contribution < 1.29 is 5.11 Å². The van der Waals surface area contributed by atoms with Gasteiger partial charge in [0.15, 0.2) is 0 Å². The van der Waals surface area contributed by atoms with Crippen LogP contribution in [0.15, 0.2) is 29.2 Å². The summed E-state index contributed by atoms with van der Waals surface area (Å²) in [6.45, 7) is 2.08. The summed E-state index contributed by atoms with van der Waals surface area (Å²) in [5, 5.41) is 10.9. The minimum Gasteiger partial charge on any atom is -0.395 e. The van der Waals surface area contributed by atoms with Gasteiger partial charge in [0.2, 0.25) is 0 Å². The van der Waals surface area contributed by atoms with Crippen LogP contribution in [0.5, 0.6) is 0 Å². The molecule has 1 aromatic carbocycles. The largest absolute Gasteiger partial charge is 0.395 e. The van der Waals surface area contributed by atoms with Gasteiger partial charge in [0, 0.05) is 17.8 Å². The lowest BCUT2D eigenvalue weighted by atomic mass is 10.1. The molecule has 0 bridgehead atoms. The van der Waals surface area contributed by atoms with Gasteiger partial charge in [0.05, 0.1) is 12.0 Å². The van der Waals surface area contributed by atoms with Crippen molar-refractivity contribution in [3.63, 3.8) is 0 Å². The number of halogens is 1.